The Morgan fingerprint density at radius 2 is 1.76 bits per heavy atom. The topological polar surface area (TPSA) is 48.0 Å². The largest absolute Gasteiger partial charge is 0.465 e. The molecule has 1 atom stereocenters. The summed E-state index contributed by atoms with van der Waals surface area (Å²) in [4.78, 5) is 15.0. The molecule has 5 nitrogen and oxygen atoms in total. The van der Waals surface area contributed by atoms with E-state index in [-0.39, 0.29) is 11.4 Å². The molecular weight excluding hydrogens is 318 g/mol. The Morgan fingerprint density at radius 3 is 2.36 bits per heavy atom. The predicted octanol–water partition coefficient (Wildman–Crippen LogP) is 2.84. The molecule has 2 saturated heterocycles. The molecule has 0 radical (unpaired) electrons. The van der Waals surface area contributed by atoms with Gasteiger partial charge in [0, 0.05) is 18.5 Å². The van der Waals surface area contributed by atoms with E-state index in [0.29, 0.717) is 32.9 Å². The molecule has 2 heterocycles. The standard InChI is InChI=1S/C20H29NO4/c1-5-23-17(22)19(4)12-21(11-16-9-7-6-8-10-16)13-20(19)24-14-18(2,3)15-25-20/h6-10H,5,11-15H2,1-4H3. The summed E-state index contributed by atoms with van der Waals surface area (Å²) in [6.07, 6.45) is 0. The molecule has 1 aromatic carbocycles. The minimum absolute atomic E-state index is 0.0479. The van der Waals surface area contributed by atoms with Crippen LogP contribution in [0.15, 0.2) is 30.3 Å². The number of esters is 1. The van der Waals surface area contributed by atoms with Crippen LogP contribution in [0.2, 0.25) is 0 Å². The van der Waals surface area contributed by atoms with E-state index < -0.39 is 11.2 Å². The third-order valence-corrected chi connectivity index (χ3v) is 5.18. The summed E-state index contributed by atoms with van der Waals surface area (Å²) in [5.41, 5.74) is 0.323. The lowest BCUT2D eigenvalue weighted by molar-refractivity contribution is -0.325. The maximum absolute atomic E-state index is 12.8. The van der Waals surface area contributed by atoms with E-state index in [1.807, 2.05) is 32.0 Å². The highest BCUT2D eigenvalue weighted by molar-refractivity contribution is 5.78. The first kappa shape index (κ1) is 18.4. The van der Waals surface area contributed by atoms with Crippen molar-refractivity contribution in [1.29, 1.82) is 0 Å². The van der Waals surface area contributed by atoms with E-state index in [1.54, 1.807) is 0 Å². The highest BCUT2D eigenvalue weighted by Crippen LogP contribution is 2.48. The number of rotatable bonds is 4. The Labute approximate surface area is 150 Å². The number of carbonyl (C=O) groups is 1. The van der Waals surface area contributed by atoms with E-state index in [2.05, 4.69) is 30.9 Å². The summed E-state index contributed by atoms with van der Waals surface area (Å²) in [7, 11) is 0. The molecule has 5 heteroatoms. The molecule has 2 aliphatic rings. The van der Waals surface area contributed by atoms with Crippen molar-refractivity contribution in [2.45, 2.75) is 40.0 Å². The first-order chi connectivity index (χ1) is 11.8. The molecular formula is C20H29NO4. The molecule has 0 aliphatic carbocycles. The van der Waals surface area contributed by atoms with Crippen molar-refractivity contribution in [1.82, 2.24) is 4.90 Å². The van der Waals surface area contributed by atoms with Crippen molar-refractivity contribution in [3.8, 4) is 0 Å². The van der Waals surface area contributed by atoms with Gasteiger partial charge >= 0.3 is 5.97 Å². The van der Waals surface area contributed by atoms with E-state index in [9.17, 15) is 4.79 Å². The fourth-order valence-corrected chi connectivity index (χ4v) is 3.67. The zero-order valence-corrected chi connectivity index (χ0v) is 15.7. The van der Waals surface area contributed by atoms with Crippen LogP contribution in [0.3, 0.4) is 0 Å². The number of hydrogen-bond donors (Lipinski definition) is 0. The van der Waals surface area contributed by atoms with E-state index in [4.69, 9.17) is 14.2 Å². The van der Waals surface area contributed by atoms with Crippen LogP contribution < -0.4 is 0 Å². The fourth-order valence-electron chi connectivity index (χ4n) is 3.67. The van der Waals surface area contributed by atoms with Gasteiger partial charge in [0.15, 0.2) is 5.79 Å². The van der Waals surface area contributed by atoms with Crippen LogP contribution in [0, 0.1) is 10.8 Å². The van der Waals surface area contributed by atoms with Crippen LogP contribution in [0.25, 0.3) is 0 Å². The Hall–Kier alpha value is -1.43. The molecule has 0 bridgehead atoms. The van der Waals surface area contributed by atoms with Gasteiger partial charge in [-0.1, -0.05) is 44.2 Å². The van der Waals surface area contributed by atoms with Crippen LogP contribution >= 0.6 is 0 Å². The van der Waals surface area contributed by atoms with Gasteiger partial charge in [0.1, 0.15) is 5.41 Å². The molecule has 0 N–H and O–H groups in total. The van der Waals surface area contributed by atoms with E-state index in [1.165, 1.54) is 5.56 Å². The Balaban J connectivity index is 1.84. The summed E-state index contributed by atoms with van der Waals surface area (Å²) in [5.74, 6) is -1.19. The normalized spacial score (nSPS) is 28.2. The van der Waals surface area contributed by atoms with Gasteiger partial charge in [-0.2, -0.15) is 0 Å². The van der Waals surface area contributed by atoms with Crippen LogP contribution in [-0.4, -0.2) is 49.6 Å². The second-order valence-electron chi connectivity index (χ2n) is 8.18. The van der Waals surface area contributed by atoms with Gasteiger partial charge in [0.05, 0.1) is 26.4 Å². The number of carbonyl (C=O) groups excluding carboxylic acids is 1. The molecule has 0 amide bonds. The third kappa shape index (κ3) is 3.46. The lowest BCUT2D eigenvalue weighted by Gasteiger charge is -2.47. The highest BCUT2D eigenvalue weighted by Gasteiger charge is 2.64. The van der Waals surface area contributed by atoms with Gasteiger partial charge in [-0.05, 0) is 19.4 Å². The first-order valence-corrected chi connectivity index (χ1v) is 9.02. The predicted molar refractivity (Wildman–Crippen MR) is 94.9 cm³/mol. The van der Waals surface area contributed by atoms with E-state index in [0.717, 1.165) is 6.54 Å². The smallest absolute Gasteiger partial charge is 0.318 e. The average Bonchev–Trinajstić information content (AvgIpc) is 2.85. The molecule has 25 heavy (non-hydrogen) atoms. The van der Waals surface area contributed by atoms with Crippen molar-refractivity contribution >= 4 is 5.97 Å². The molecule has 1 spiro atoms. The quantitative estimate of drug-likeness (QED) is 0.784. The summed E-state index contributed by atoms with van der Waals surface area (Å²) < 4.78 is 17.8. The van der Waals surface area contributed by atoms with Gasteiger partial charge < -0.3 is 14.2 Å². The number of benzene rings is 1. The summed E-state index contributed by atoms with van der Waals surface area (Å²) >= 11 is 0. The minimum atomic E-state index is -0.941. The van der Waals surface area contributed by atoms with Crippen LogP contribution in [0.1, 0.15) is 33.3 Å². The summed E-state index contributed by atoms with van der Waals surface area (Å²) in [5, 5.41) is 0. The van der Waals surface area contributed by atoms with Gasteiger partial charge in [-0.3, -0.25) is 9.69 Å². The first-order valence-electron chi connectivity index (χ1n) is 9.02. The van der Waals surface area contributed by atoms with Gasteiger partial charge in [0.25, 0.3) is 0 Å². The SMILES string of the molecule is CCOC(=O)C1(C)CN(Cc2ccccc2)CC12OCC(C)(C)CO2. The second-order valence-corrected chi connectivity index (χ2v) is 8.18. The van der Waals surface area contributed by atoms with Crippen LogP contribution in [0.4, 0.5) is 0 Å². The fraction of sp³-hybridized carbons (Fsp3) is 0.650. The molecule has 138 valence electrons. The van der Waals surface area contributed by atoms with Crippen molar-refractivity contribution in [2.75, 3.05) is 32.9 Å². The van der Waals surface area contributed by atoms with Gasteiger partial charge in [-0.15, -0.1) is 0 Å². The van der Waals surface area contributed by atoms with Gasteiger partial charge in [0.2, 0.25) is 0 Å². The lowest BCUT2D eigenvalue weighted by atomic mass is 9.82. The number of likely N-dealkylation sites (tertiary alicyclic amines) is 1. The minimum Gasteiger partial charge on any atom is -0.465 e. The Morgan fingerprint density at radius 1 is 1.12 bits per heavy atom. The molecule has 0 saturated carbocycles. The molecule has 2 aliphatic heterocycles. The number of ether oxygens (including phenoxy) is 3. The number of nitrogens with zero attached hydrogens (tertiary/aromatic N) is 1. The molecule has 1 unspecified atom stereocenters. The zero-order valence-electron chi connectivity index (χ0n) is 15.7. The lowest BCUT2D eigenvalue weighted by Crippen LogP contribution is -2.59. The maximum atomic E-state index is 12.8. The van der Waals surface area contributed by atoms with E-state index >= 15 is 0 Å². The van der Waals surface area contributed by atoms with Crippen LogP contribution in [0.5, 0.6) is 0 Å². The average molecular weight is 347 g/mol. The summed E-state index contributed by atoms with van der Waals surface area (Å²) in [6, 6.07) is 10.3. The molecule has 3 rings (SSSR count). The van der Waals surface area contributed by atoms with Crippen molar-refractivity contribution in [3.05, 3.63) is 35.9 Å². The highest BCUT2D eigenvalue weighted by atomic mass is 16.7. The van der Waals surface area contributed by atoms with Gasteiger partial charge in [-0.25, -0.2) is 0 Å². The maximum Gasteiger partial charge on any atom is 0.318 e. The third-order valence-electron chi connectivity index (χ3n) is 5.18. The van der Waals surface area contributed by atoms with Crippen molar-refractivity contribution < 1.29 is 19.0 Å². The van der Waals surface area contributed by atoms with Crippen molar-refractivity contribution in [2.24, 2.45) is 10.8 Å². The molecule has 2 fully saturated rings. The second kappa shape index (κ2) is 6.71. The summed E-state index contributed by atoms with van der Waals surface area (Å²) in [6.45, 7) is 11.3. The zero-order chi connectivity index (χ0) is 18.1. The Bertz CT molecular complexity index is 605. The number of hydrogen-bond acceptors (Lipinski definition) is 5. The van der Waals surface area contributed by atoms with Crippen LogP contribution in [-0.2, 0) is 25.5 Å². The molecule has 1 aromatic rings. The molecule has 0 aromatic heterocycles. The monoisotopic (exact) mass is 347 g/mol. The van der Waals surface area contributed by atoms with Crippen molar-refractivity contribution in [3.63, 3.8) is 0 Å². The Kier molecular flexibility index (Phi) is 4.93.